The molecule has 0 aliphatic carbocycles. The number of amides is 1. The fraction of sp³-hybridized carbons (Fsp3) is 0.286. The van der Waals surface area contributed by atoms with E-state index in [9.17, 15) is 4.79 Å². The van der Waals surface area contributed by atoms with E-state index >= 15 is 0 Å². The van der Waals surface area contributed by atoms with E-state index in [4.69, 9.17) is 5.73 Å². The Kier molecular flexibility index (Phi) is 4.16. The summed E-state index contributed by atoms with van der Waals surface area (Å²) >= 11 is 1.65. The zero-order valence-corrected chi connectivity index (χ0v) is 11.9. The van der Waals surface area contributed by atoms with Crippen LogP contribution in [-0.2, 0) is 6.54 Å². The molecule has 0 bridgehead atoms. The maximum atomic E-state index is 12.5. The summed E-state index contributed by atoms with van der Waals surface area (Å²) < 4.78 is 0. The van der Waals surface area contributed by atoms with Crippen LogP contribution < -0.4 is 5.73 Å². The maximum Gasteiger partial charge on any atom is 0.273 e. The average molecular weight is 275 g/mol. The molecule has 0 spiro atoms. The monoisotopic (exact) mass is 275 g/mol. The van der Waals surface area contributed by atoms with Crippen molar-refractivity contribution < 1.29 is 4.79 Å². The van der Waals surface area contributed by atoms with Gasteiger partial charge in [-0.3, -0.25) is 4.79 Å². The van der Waals surface area contributed by atoms with E-state index in [0.717, 1.165) is 4.88 Å². The molecule has 0 saturated carbocycles. The Bertz CT molecular complexity index is 534. The molecular weight excluding hydrogens is 258 g/mol. The van der Waals surface area contributed by atoms with Gasteiger partial charge in [-0.15, -0.1) is 11.3 Å². The summed E-state index contributed by atoms with van der Waals surface area (Å²) in [6.07, 6.45) is 1.51. The molecule has 0 aliphatic rings. The van der Waals surface area contributed by atoms with Gasteiger partial charge < -0.3 is 10.6 Å². The Morgan fingerprint density at radius 1 is 1.42 bits per heavy atom. The van der Waals surface area contributed by atoms with Crippen LogP contribution in [0.3, 0.4) is 0 Å². The fourth-order valence-corrected chi connectivity index (χ4v) is 2.44. The van der Waals surface area contributed by atoms with Crippen LogP contribution in [0.4, 0.5) is 5.69 Å². The molecule has 4 nitrogen and oxygen atoms in total. The minimum Gasteiger partial charge on any atom is -0.397 e. The number of aromatic nitrogens is 1. The second-order valence-electron chi connectivity index (χ2n) is 4.58. The zero-order valence-electron chi connectivity index (χ0n) is 11.0. The van der Waals surface area contributed by atoms with Crippen molar-refractivity contribution in [1.29, 1.82) is 0 Å². The lowest BCUT2D eigenvalue weighted by Gasteiger charge is -2.25. The highest BCUT2D eigenvalue weighted by atomic mass is 32.1. The summed E-state index contributed by atoms with van der Waals surface area (Å²) in [6.45, 7) is 4.62. The SMILES string of the molecule is CC(C)N(Cc1cccs1)C(=O)c1ccc(N)cn1. The van der Waals surface area contributed by atoms with Crippen LogP contribution >= 0.6 is 11.3 Å². The molecule has 0 aliphatic heterocycles. The van der Waals surface area contributed by atoms with Crippen molar-refractivity contribution in [3.63, 3.8) is 0 Å². The van der Waals surface area contributed by atoms with Gasteiger partial charge >= 0.3 is 0 Å². The van der Waals surface area contributed by atoms with Crippen molar-refractivity contribution in [3.05, 3.63) is 46.4 Å². The molecule has 1 amide bonds. The van der Waals surface area contributed by atoms with Crippen LogP contribution in [0.5, 0.6) is 0 Å². The van der Waals surface area contributed by atoms with E-state index in [0.29, 0.717) is 17.9 Å². The number of thiophene rings is 1. The molecule has 0 aromatic carbocycles. The van der Waals surface area contributed by atoms with Crippen LogP contribution in [-0.4, -0.2) is 21.8 Å². The van der Waals surface area contributed by atoms with Crippen molar-refractivity contribution in [2.24, 2.45) is 0 Å². The van der Waals surface area contributed by atoms with Crippen molar-refractivity contribution in [1.82, 2.24) is 9.88 Å². The molecule has 5 heteroatoms. The first kappa shape index (κ1) is 13.5. The molecule has 0 fully saturated rings. The standard InChI is InChI=1S/C14H17N3OS/c1-10(2)17(9-12-4-3-7-19-12)14(18)13-6-5-11(15)8-16-13/h3-8,10H,9,15H2,1-2H3. The number of nitrogen functional groups attached to an aromatic ring is 1. The number of rotatable bonds is 4. The minimum atomic E-state index is -0.0663. The summed E-state index contributed by atoms with van der Waals surface area (Å²) in [5, 5.41) is 2.01. The van der Waals surface area contributed by atoms with E-state index in [1.165, 1.54) is 6.20 Å². The lowest BCUT2D eigenvalue weighted by atomic mass is 10.2. The zero-order chi connectivity index (χ0) is 13.8. The second kappa shape index (κ2) is 5.84. The van der Waals surface area contributed by atoms with Crippen LogP contribution in [0, 0.1) is 0 Å². The quantitative estimate of drug-likeness (QED) is 0.933. The van der Waals surface area contributed by atoms with Crippen molar-refractivity contribution in [2.45, 2.75) is 26.4 Å². The number of nitrogens with zero attached hydrogens (tertiary/aromatic N) is 2. The highest BCUT2D eigenvalue weighted by molar-refractivity contribution is 7.09. The highest BCUT2D eigenvalue weighted by Crippen LogP contribution is 2.16. The normalized spacial score (nSPS) is 10.7. The van der Waals surface area contributed by atoms with Crippen LogP contribution in [0.1, 0.15) is 29.2 Å². The van der Waals surface area contributed by atoms with E-state index in [1.54, 1.807) is 23.5 Å². The number of anilines is 1. The first-order valence-electron chi connectivity index (χ1n) is 6.13. The number of carbonyl (C=O) groups excluding carboxylic acids is 1. The fourth-order valence-electron chi connectivity index (χ4n) is 1.74. The number of pyridine rings is 1. The smallest absolute Gasteiger partial charge is 0.273 e. The van der Waals surface area contributed by atoms with E-state index in [-0.39, 0.29) is 11.9 Å². The van der Waals surface area contributed by atoms with Crippen molar-refractivity contribution >= 4 is 22.9 Å². The first-order chi connectivity index (χ1) is 9.08. The number of nitrogens with two attached hydrogens (primary N) is 1. The number of carbonyl (C=O) groups is 1. The molecule has 2 rings (SSSR count). The number of hydrogen-bond donors (Lipinski definition) is 1. The third kappa shape index (κ3) is 3.32. The van der Waals surface area contributed by atoms with Gasteiger partial charge in [0.1, 0.15) is 5.69 Å². The van der Waals surface area contributed by atoms with Gasteiger partial charge in [-0.2, -0.15) is 0 Å². The second-order valence-corrected chi connectivity index (χ2v) is 5.62. The maximum absolute atomic E-state index is 12.5. The Balaban J connectivity index is 2.19. The molecular formula is C14H17N3OS. The topological polar surface area (TPSA) is 59.2 Å². The molecule has 19 heavy (non-hydrogen) atoms. The molecule has 0 radical (unpaired) electrons. The molecule has 2 aromatic heterocycles. The number of hydrogen-bond acceptors (Lipinski definition) is 4. The van der Waals surface area contributed by atoms with Crippen LogP contribution in [0.2, 0.25) is 0 Å². The molecule has 100 valence electrons. The van der Waals surface area contributed by atoms with E-state index in [2.05, 4.69) is 4.98 Å². The first-order valence-corrected chi connectivity index (χ1v) is 7.01. The predicted molar refractivity (Wildman–Crippen MR) is 78.0 cm³/mol. The highest BCUT2D eigenvalue weighted by Gasteiger charge is 2.20. The third-order valence-corrected chi connectivity index (χ3v) is 3.66. The molecule has 2 N–H and O–H groups in total. The van der Waals surface area contributed by atoms with Gasteiger partial charge in [0.2, 0.25) is 0 Å². The van der Waals surface area contributed by atoms with Gasteiger partial charge in [0.25, 0.3) is 5.91 Å². The van der Waals surface area contributed by atoms with Gasteiger partial charge in [-0.05, 0) is 37.4 Å². The van der Waals surface area contributed by atoms with Gasteiger partial charge in [-0.1, -0.05) is 6.07 Å². The average Bonchev–Trinajstić information content (AvgIpc) is 2.88. The molecule has 2 aromatic rings. The predicted octanol–water partition coefficient (Wildman–Crippen LogP) is 2.78. The summed E-state index contributed by atoms with van der Waals surface area (Å²) in [4.78, 5) is 19.5. The van der Waals surface area contributed by atoms with E-state index in [1.807, 2.05) is 36.3 Å². The molecule has 0 saturated heterocycles. The molecule has 2 heterocycles. The Labute approximate surface area is 116 Å². The largest absolute Gasteiger partial charge is 0.397 e. The summed E-state index contributed by atoms with van der Waals surface area (Å²) in [5.74, 6) is -0.0663. The van der Waals surface area contributed by atoms with Crippen molar-refractivity contribution in [2.75, 3.05) is 5.73 Å². The van der Waals surface area contributed by atoms with Crippen LogP contribution in [0.25, 0.3) is 0 Å². The lowest BCUT2D eigenvalue weighted by molar-refractivity contribution is 0.0686. The Morgan fingerprint density at radius 3 is 2.74 bits per heavy atom. The van der Waals surface area contributed by atoms with Gasteiger partial charge in [-0.25, -0.2) is 4.98 Å². The van der Waals surface area contributed by atoms with E-state index < -0.39 is 0 Å². The van der Waals surface area contributed by atoms with Crippen molar-refractivity contribution in [3.8, 4) is 0 Å². The van der Waals surface area contributed by atoms with Gasteiger partial charge in [0, 0.05) is 10.9 Å². The molecule has 0 unspecified atom stereocenters. The Hall–Kier alpha value is -1.88. The van der Waals surface area contributed by atoms with Gasteiger partial charge in [0.15, 0.2) is 0 Å². The summed E-state index contributed by atoms with van der Waals surface area (Å²) in [5.41, 5.74) is 6.58. The van der Waals surface area contributed by atoms with Gasteiger partial charge in [0.05, 0.1) is 18.4 Å². The summed E-state index contributed by atoms with van der Waals surface area (Å²) in [7, 11) is 0. The minimum absolute atomic E-state index is 0.0663. The summed E-state index contributed by atoms with van der Waals surface area (Å²) in [6, 6.07) is 7.51. The Morgan fingerprint density at radius 2 is 2.21 bits per heavy atom. The molecule has 0 atom stereocenters. The lowest BCUT2D eigenvalue weighted by Crippen LogP contribution is -2.36. The van der Waals surface area contributed by atoms with Crippen LogP contribution in [0.15, 0.2) is 35.8 Å². The third-order valence-electron chi connectivity index (χ3n) is 2.80.